The molecule has 1 unspecified atom stereocenters. The lowest BCUT2D eigenvalue weighted by molar-refractivity contribution is 0.0711. The van der Waals surface area contributed by atoms with Crippen molar-refractivity contribution in [3.05, 3.63) is 30.3 Å². The van der Waals surface area contributed by atoms with Gasteiger partial charge in [0.2, 0.25) is 0 Å². The molecule has 0 spiro atoms. The number of benzene rings is 1. The molecule has 4 heteroatoms. The lowest BCUT2D eigenvalue weighted by Crippen LogP contribution is -2.34. The number of ether oxygens (including phenoxy) is 1. The van der Waals surface area contributed by atoms with Crippen LogP contribution in [0.5, 0.6) is 5.75 Å². The zero-order valence-corrected chi connectivity index (χ0v) is 11.5. The van der Waals surface area contributed by atoms with Crippen LogP contribution in [-0.4, -0.2) is 54.6 Å². The standard InChI is InChI=1S/C12H19NO3.C2H6/c1-13(7-8-14)9-11(15)10-16-12-5-3-2-4-6-12;1-2/h2-6,11,14-15H,7-10H2,1H3;1-2H3. The zero-order chi connectivity index (χ0) is 13.8. The first kappa shape index (κ1) is 16.9. The van der Waals surface area contributed by atoms with E-state index in [1.165, 1.54) is 0 Å². The summed E-state index contributed by atoms with van der Waals surface area (Å²) in [6.45, 7) is 5.42. The highest BCUT2D eigenvalue weighted by Gasteiger charge is 2.08. The highest BCUT2D eigenvalue weighted by molar-refractivity contribution is 5.20. The molecule has 1 aromatic carbocycles. The van der Waals surface area contributed by atoms with E-state index >= 15 is 0 Å². The summed E-state index contributed by atoms with van der Waals surface area (Å²) in [4.78, 5) is 1.86. The molecule has 0 aliphatic rings. The Kier molecular flexibility index (Phi) is 10.3. The van der Waals surface area contributed by atoms with Gasteiger partial charge in [0.05, 0.1) is 6.61 Å². The average Bonchev–Trinajstić information content (AvgIpc) is 2.40. The highest BCUT2D eigenvalue weighted by Crippen LogP contribution is 2.08. The van der Waals surface area contributed by atoms with Gasteiger partial charge in [-0.1, -0.05) is 32.0 Å². The fourth-order valence-corrected chi connectivity index (χ4v) is 1.38. The molecule has 4 nitrogen and oxygen atoms in total. The first-order valence-corrected chi connectivity index (χ1v) is 6.37. The molecular formula is C14H25NO3. The van der Waals surface area contributed by atoms with Crippen molar-refractivity contribution >= 4 is 0 Å². The van der Waals surface area contributed by atoms with E-state index in [4.69, 9.17) is 9.84 Å². The SMILES string of the molecule is CC.CN(CCO)CC(O)COc1ccccc1. The fraction of sp³-hybridized carbons (Fsp3) is 0.571. The molecule has 0 aliphatic heterocycles. The van der Waals surface area contributed by atoms with Gasteiger partial charge in [-0.2, -0.15) is 0 Å². The molecule has 0 fully saturated rings. The number of hydrogen-bond acceptors (Lipinski definition) is 4. The number of aliphatic hydroxyl groups excluding tert-OH is 2. The summed E-state index contributed by atoms with van der Waals surface area (Å²) in [5.41, 5.74) is 0. The van der Waals surface area contributed by atoms with Crippen molar-refractivity contribution in [2.75, 3.05) is 33.4 Å². The second-order valence-electron chi connectivity index (χ2n) is 3.76. The molecule has 0 bridgehead atoms. The predicted molar refractivity (Wildman–Crippen MR) is 73.9 cm³/mol. The summed E-state index contributed by atoms with van der Waals surface area (Å²) >= 11 is 0. The number of hydrogen-bond donors (Lipinski definition) is 2. The lowest BCUT2D eigenvalue weighted by Gasteiger charge is -2.19. The highest BCUT2D eigenvalue weighted by atomic mass is 16.5. The van der Waals surface area contributed by atoms with Gasteiger partial charge in [-0.3, -0.25) is 0 Å². The van der Waals surface area contributed by atoms with Crippen LogP contribution in [-0.2, 0) is 0 Å². The van der Waals surface area contributed by atoms with E-state index in [1.807, 2.05) is 56.1 Å². The Morgan fingerprint density at radius 3 is 2.39 bits per heavy atom. The number of para-hydroxylation sites is 1. The van der Waals surface area contributed by atoms with Gasteiger partial charge in [0.15, 0.2) is 0 Å². The van der Waals surface area contributed by atoms with E-state index in [9.17, 15) is 5.11 Å². The van der Waals surface area contributed by atoms with Gasteiger partial charge in [0.25, 0.3) is 0 Å². The summed E-state index contributed by atoms with van der Waals surface area (Å²) in [6.07, 6.45) is -0.545. The Balaban J connectivity index is 0.00000137. The molecular weight excluding hydrogens is 230 g/mol. The lowest BCUT2D eigenvalue weighted by atomic mass is 10.3. The predicted octanol–water partition coefficient (Wildman–Crippen LogP) is 1.38. The normalized spacial score (nSPS) is 11.7. The third-order valence-corrected chi connectivity index (χ3v) is 2.19. The maximum absolute atomic E-state index is 9.66. The van der Waals surface area contributed by atoms with Gasteiger partial charge in [-0.25, -0.2) is 0 Å². The number of likely N-dealkylation sites (N-methyl/N-ethyl adjacent to an activating group) is 1. The third kappa shape index (κ3) is 8.06. The molecule has 1 rings (SSSR count). The van der Waals surface area contributed by atoms with Gasteiger partial charge >= 0.3 is 0 Å². The molecule has 1 atom stereocenters. The molecule has 0 saturated carbocycles. The van der Waals surface area contributed by atoms with Crippen LogP contribution in [0.3, 0.4) is 0 Å². The molecule has 18 heavy (non-hydrogen) atoms. The topological polar surface area (TPSA) is 52.9 Å². The van der Waals surface area contributed by atoms with Gasteiger partial charge in [0, 0.05) is 13.1 Å². The molecule has 0 radical (unpaired) electrons. The largest absolute Gasteiger partial charge is 0.491 e. The van der Waals surface area contributed by atoms with Crippen molar-refractivity contribution in [3.63, 3.8) is 0 Å². The minimum absolute atomic E-state index is 0.1000. The summed E-state index contributed by atoms with van der Waals surface area (Å²) in [5.74, 6) is 0.756. The molecule has 0 aliphatic carbocycles. The maximum atomic E-state index is 9.66. The number of aliphatic hydroxyl groups is 2. The molecule has 0 aromatic heterocycles. The van der Waals surface area contributed by atoms with Crippen LogP contribution >= 0.6 is 0 Å². The fourth-order valence-electron chi connectivity index (χ4n) is 1.38. The molecule has 0 amide bonds. The minimum atomic E-state index is -0.545. The molecule has 2 N–H and O–H groups in total. The van der Waals surface area contributed by atoms with Crippen LogP contribution in [0.15, 0.2) is 30.3 Å². The molecule has 1 aromatic rings. The van der Waals surface area contributed by atoms with Gasteiger partial charge in [-0.15, -0.1) is 0 Å². The third-order valence-electron chi connectivity index (χ3n) is 2.19. The van der Waals surface area contributed by atoms with E-state index in [1.54, 1.807) is 0 Å². The van der Waals surface area contributed by atoms with Crippen LogP contribution in [0.25, 0.3) is 0 Å². The molecule has 0 saturated heterocycles. The minimum Gasteiger partial charge on any atom is -0.491 e. The van der Waals surface area contributed by atoms with E-state index in [0.717, 1.165) is 5.75 Å². The van der Waals surface area contributed by atoms with Crippen LogP contribution in [0.4, 0.5) is 0 Å². The van der Waals surface area contributed by atoms with E-state index < -0.39 is 6.10 Å². The first-order chi connectivity index (χ1) is 8.72. The maximum Gasteiger partial charge on any atom is 0.119 e. The second kappa shape index (κ2) is 11.0. The number of nitrogens with zero attached hydrogens (tertiary/aromatic N) is 1. The van der Waals surface area contributed by atoms with Crippen LogP contribution in [0.2, 0.25) is 0 Å². The second-order valence-corrected chi connectivity index (χ2v) is 3.76. The summed E-state index contributed by atoms with van der Waals surface area (Å²) in [7, 11) is 1.85. The summed E-state index contributed by atoms with van der Waals surface area (Å²) in [6, 6.07) is 9.39. The van der Waals surface area contributed by atoms with Crippen molar-refractivity contribution in [3.8, 4) is 5.75 Å². The van der Waals surface area contributed by atoms with Crippen LogP contribution in [0, 0.1) is 0 Å². The van der Waals surface area contributed by atoms with Crippen molar-refractivity contribution in [1.29, 1.82) is 0 Å². The Morgan fingerprint density at radius 1 is 1.22 bits per heavy atom. The van der Waals surface area contributed by atoms with Crippen molar-refractivity contribution in [2.45, 2.75) is 20.0 Å². The Bertz CT molecular complexity index is 280. The summed E-state index contributed by atoms with van der Waals surface area (Å²) in [5, 5.41) is 18.4. The average molecular weight is 255 g/mol. The zero-order valence-electron chi connectivity index (χ0n) is 11.5. The molecule has 0 heterocycles. The smallest absolute Gasteiger partial charge is 0.119 e. The van der Waals surface area contributed by atoms with Gasteiger partial charge in [-0.05, 0) is 19.2 Å². The van der Waals surface area contributed by atoms with E-state index in [2.05, 4.69) is 0 Å². The number of rotatable bonds is 7. The van der Waals surface area contributed by atoms with E-state index in [-0.39, 0.29) is 13.2 Å². The first-order valence-electron chi connectivity index (χ1n) is 6.37. The quantitative estimate of drug-likeness (QED) is 0.773. The Hall–Kier alpha value is -1.10. The van der Waals surface area contributed by atoms with Gasteiger partial charge in [0.1, 0.15) is 18.5 Å². The Morgan fingerprint density at radius 2 is 1.83 bits per heavy atom. The molecule has 104 valence electrons. The van der Waals surface area contributed by atoms with Crippen molar-refractivity contribution < 1.29 is 14.9 Å². The summed E-state index contributed by atoms with van der Waals surface area (Å²) < 4.78 is 5.41. The Labute approximate surface area is 110 Å². The monoisotopic (exact) mass is 255 g/mol. The van der Waals surface area contributed by atoms with Crippen LogP contribution in [0.1, 0.15) is 13.8 Å². The van der Waals surface area contributed by atoms with E-state index in [0.29, 0.717) is 13.1 Å². The van der Waals surface area contributed by atoms with Gasteiger partial charge < -0.3 is 19.8 Å². The van der Waals surface area contributed by atoms with Crippen molar-refractivity contribution in [1.82, 2.24) is 4.90 Å². The van der Waals surface area contributed by atoms with Crippen LogP contribution < -0.4 is 4.74 Å². The van der Waals surface area contributed by atoms with Crippen molar-refractivity contribution in [2.24, 2.45) is 0 Å².